The van der Waals surface area contributed by atoms with Crippen LogP contribution >= 0.6 is 7.14 Å². The Hall–Kier alpha value is -1.94. The maximum Gasteiger partial charge on any atom is 0.231 e. The minimum atomic E-state index is -2.24. The molecule has 7 heteroatoms. The van der Waals surface area contributed by atoms with Crippen LogP contribution < -0.4 is 15.9 Å². The van der Waals surface area contributed by atoms with Gasteiger partial charge in [-0.25, -0.2) is 9.97 Å². The molecule has 3 fully saturated rings. The molecule has 0 spiro atoms. The molecule has 3 saturated carbocycles. The molecule has 6 nitrogen and oxygen atoms in total. The fourth-order valence-corrected chi connectivity index (χ4v) is 6.62. The van der Waals surface area contributed by atoms with E-state index in [1.165, 1.54) is 38.5 Å². The lowest BCUT2D eigenvalue weighted by Crippen LogP contribution is -2.45. The number of hydrogen-bond donors (Lipinski definition) is 2. The predicted molar refractivity (Wildman–Crippen MR) is 113 cm³/mol. The molecule has 3 bridgehead atoms. The van der Waals surface area contributed by atoms with Crippen LogP contribution in [-0.4, -0.2) is 33.8 Å². The standard InChI is InChI=1S/C21H28N5OP/c1-28(2,27)18-5-3-17(4-6-18)24-19-22-13-23-20(25-19)26-21-8-7-14-9-15(12-21)11-16(21)10-14/h3-6,13-16H,7-12H2,1-2H3,(H2,22,23,24,25,26). The largest absolute Gasteiger partial charge is 0.348 e. The summed E-state index contributed by atoms with van der Waals surface area (Å²) >= 11 is 0. The molecule has 4 unspecified atom stereocenters. The van der Waals surface area contributed by atoms with E-state index < -0.39 is 7.14 Å². The van der Waals surface area contributed by atoms with Crippen LogP contribution in [0.2, 0.25) is 0 Å². The van der Waals surface area contributed by atoms with E-state index in [1.54, 1.807) is 19.7 Å². The molecule has 0 aliphatic heterocycles. The van der Waals surface area contributed by atoms with E-state index in [9.17, 15) is 4.57 Å². The topological polar surface area (TPSA) is 79.8 Å². The lowest BCUT2D eigenvalue weighted by atomic mass is 9.69. The highest BCUT2D eigenvalue weighted by atomic mass is 31.2. The van der Waals surface area contributed by atoms with Gasteiger partial charge in [-0.2, -0.15) is 4.98 Å². The van der Waals surface area contributed by atoms with Crippen molar-refractivity contribution in [2.24, 2.45) is 17.8 Å². The molecule has 5 rings (SSSR count). The summed E-state index contributed by atoms with van der Waals surface area (Å²) in [7, 11) is -2.24. The van der Waals surface area contributed by atoms with Gasteiger partial charge in [0.15, 0.2) is 0 Å². The molecule has 3 aliphatic carbocycles. The zero-order valence-corrected chi connectivity index (χ0v) is 17.5. The Labute approximate surface area is 166 Å². The molecule has 28 heavy (non-hydrogen) atoms. The Balaban J connectivity index is 1.32. The molecule has 4 atom stereocenters. The van der Waals surface area contributed by atoms with Gasteiger partial charge in [-0.3, -0.25) is 0 Å². The molecule has 1 heterocycles. The number of fused-ring (bicyclic) bond motifs is 2. The summed E-state index contributed by atoms with van der Waals surface area (Å²) in [6.07, 6.45) is 9.56. The molecule has 1 aromatic heterocycles. The first-order valence-corrected chi connectivity index (χ1v) is 12.9. The summed E-state index contributed by atoms with van der Waals surface area (Å²) in [4.78, 5) is 13.3. The van der Waals surface area contributed by atoms with Gasteiger partial charge in [-0.05, 0) is 93.9 Å². The van der Waals surface area contributed by atoms with Crippen molar-refractivity contribution < 1.29 is 4.57 Å². The Morgan fingerprint density at radius 2 is 1.79 bits per heavy atom. The molecule has 148 valence electrons. The lowest BCUT2D eigenvalue weighted by molar-refractivity contribution is 0.165. The zero-order valence-electron chi connectivity index (χ0n) is 16.6. The van der Waals surface area contributed by atoms with Crippen LogP contribution in [-0.2, 0) is 4.57 Å². The van der Waals surface area contributed by atoms with Crippen LogP contribution in [0.1, 0.15) is 38.5 Å². The van der Waals surface area contributed by atoms with Gasteiger partial charge in [0.1, 0.15) is 13.5 Å². The lowest BCUT2D eigenvalue weighted by Gasteiger charge is -2.43. The first-order valence-electron chi connectivity index (χ1n) is 10.3. The molecular formula is C21H28N5OP. The van der Waals surface area contributed by atoms with E-state index in [2.05, 4.69) is 25.6 Å². The first-order chi connectivity index (χ1) is 13.4. The molecular weight excluding hydrogens is 369 g/mol. The van der Waals surface area contributed by atoms with E-state index in [-0.39, 0.29) is 5.54 Å². The minimum Gasteiger partial charge on any atom is -0.348 e. The molecule has 0 radical (unpaired) electrons. The van der Waals surface area contributed by atoms with Gasteiger partial charge in [0.2, 0.25) is 11.9 Å². The smallest absolute Gasteiger partial charge is 0.231 e. The van der Waals surface area contributed by atoms with Crippen molar-refractivity contribution in [1.29, 1.82) is 0 Å². The molecule has 3 aliphatic rings. The summed E-state index contributed by atoms with van der Waals surface area (Å²) < 4.78 is 12.2. The highest BCUT2D eigenvalue weighted by Gasteiger charge is 2.54. The van der Waals surface area contributed by atoms with Crippen molar-refractivity contribution in [1.82, 2.24) is 15.0 Å². The molecule has 0 amide bonds. The number of anilines is 3. The third-order valence-corrected chi connectivity index (χ3v) is 8.56. The Morgan fingerprint density at radius 1 is 1.04 bits per heavy atom. The van der Waals surface area contributed by atoms with Crippen LogP contribution in [0.15, 0.2) is 30.6 Å². The van der Waals surface area contributed by atoms with Crippen molar-refractivity contribution >= 4 is 30.0 Å². The van der Waals surface area contributed by atoms with Gasteiger partial charge in [-0.15, -0.1) is 0 Å². The summed E-state index contributed by atoms with van der Waals surface area (Å²) in [5.74, 6) is 3.80. The molecule has 2 N–H and O–H groups in total. The van der Waals surface area contributed by atoms with Crippen LogP contribution in [0, 0.1) is 17.8 Å². The highest BCUT2D eigenvalue weighted by molar-refractivity contribution is 7.70. The van der Waals surface area contributed by atoms with Gasteiger partial charge in [0.05, 0.1) is 0 Å². The predicted octanol–water partition coefficient (Wildman–Crippen LogP) is 4.24. The second-order valence-corrected chi connectivity index (χ2v) is 12.5. The zero-order chi connectivity index (χ0) is 19.4. The van der Waals surface area contributed by atoms with Crippen LogP contribution in [0.3, 0.4) is 0 Å². The number of nitrogens with zero attached hydrogens (tertiary/aromatic N) is 3. The molecule has 0 saturated heterocycles. The average molecular weight is 397 g/mol. The van der Waals surface area contributed by atoms with Gasteiger partial charge >= 0.3 is 0 Å². The Morgan fingerprint density at radius 3 is 2.57 bits per heavy atom. The summed E-state index contributed by atoms with van der Waals surface area (Å²) in [6.45, 7) is 3.56. The van der Waals surface area contributed by atoms with Gasteiger partial charge in [0.25, 0.3) is 0 Å². The van der Waals surface area contributed by atoms with E-state index in [0.717, 1.165) is 28.7 Å². The van der Waals surface area contributed by atoms with Crippen LogP contribution in [0.4, 0.5) is 17.6 Å². The van der Waals surface area contributed by atoms with E-state index >= 15 is 0 Å². The van der Waals surface area contributed by atoms with E-state index in [0.29, 0.717) is 11.9 Å². The minimum absolute atomic E-state index is 0.182. The van der Waals surface area contributed by atoms with E-state index in [4.69, 9.17) is 0 Å². The van der Waals surface area contributed by atoms with Gasteiger partial charge < -0.3 is 15.2 Å². The van der Waals surface area contributed by atoms with Crippen molar-refractivity contribution in [3.05, 3.63) is 30.6 Å². The van der Waals surface area contributed by atoms with Crippen molar-refractivity contribution in [3.8, 4) is 0 Å². The Bertz CT molecular complexity index is 927. The monoisotopic (exact) mass is 397 g/mol. The van der Waals surface area contributed by atoms with Crippen LogP contribution in [0.25, 0.3) is 0 Å². The van der Waals surface area contributed by atoms with Crippen molar-refractivity contribution in [2.45, 2.75) is 44.1 Å². The maximum atomic E-state index is 12.2. The maximum absolute atomic E-state index is 12.2. The second-order valence-electron chi connectivity index (χ2n) is 9.32. The highest BCUT2D eigenvalue weighted by Crippen LogP contribution is 2.58. The number of benzene rings is 1. The number of rotatable bonds is 5. The van der Waals surface area contributed by atoms with Crippen LogP contribution in [0.5, 0.6) is 0 Å². The third-order valence-electron chi connectivity index (χ3n) is 7.01. The fourth-order valence-electron chi connectivity index (χ4n) is 5.76. The number of hydrogen-bond acceptors (Lipinski definition) is 6. The molecule has 2 aromatic rings. The third kappa shape index (κ3) is 3.32. The summed E-state index contributed by atoms with van der Waals surface area (Å²) in [6, 6.07) is 7.65. The SMILES string of the molecule is CP(C)(=O)c1ccc(Nc2ncnc(NC34CCC5CC(CC3C5)C4)n2)cc1. The second kappa shape index (κ2) is 6.55. The molecule has 1 aromatic carbocycles. The van der Waals surface area contributed by atoms with E-state index in [1.807, 2.05) is 24.3 Å². The average Bonchev–Trinajstić information content (AvgIpc) is 2.81. The number of aromatic nitrogens is 3. The number of nitrogens with one attached hydrogen (secondary N) is 2. The van der Waals surface area contributed by atoms with Gasteiger partial charge in [0, 0.05) is 16.5 Å². The normalized spacial score (nSPS) is 31.0. The van der Waals surface area contributed by atoms with Crippen molar-refractivity contribution in [3.63, 3.8) is 0 Å². The fraction of sp³-hybridized carbons (Fsp3) is 0.571. The van der Waals surface area contributed by atoms with Crippen molar-refractivity contribution in [2.75, 3.05) is 24.0 Å². The van der Waals surface area contributed by atoms with Gasteiger partial charge in [-0.1, -0.05) is 0 Å². The Kier molecular flexibility index (Phi) is 4.24. The summed E-state index contributed by atoms with van der Waals surface area (Å²) in [5, 5.41) is 7.85. The quantitative estimate of drug-likeness (QED) is 0.735. The summed E-state index contributed by atoms with van der Waals surface area (Å²) in [5.41, 5.74) is 1.06. The first kappa shape index (κ1) is 18.1.